The van der Waals surface area contributed by atoms with Gasteiger partial charge >= 0.3 is 0 Å². The fraction of sp³-hybridized carbons (Fsp3) is 0.125. The monoisotopic (exact) mass is 187 g/mol. The van der Waals surface area contributed by atoms with Crippen LogP contribution >= 0.6 is 23.2 Å². The molecule has 0 atom stereocenters. The molecule has 3 heteroatoms. The van der Waals surface area contributed by atoms with Gasteiger partial charge in [0.2, 0.25) is 0 Å². The van der Waals surface area contributed by atoms with Gasteiger partial charge < -0.3 is 5.41 Å². The molecule has 0 aliphatic rings. The van der Waals surface area contributed by atoms with Crippen LogP contribution in [0, 0.1) is 12.3 Å². The largest absolute Gasteiger partial charge is 0.308 e. The highest BCUT2D eigenvalue weighted by Crippen LogP contribution is 2.24. The van der Waals surface area contributed by atoms with Gasteiger partial charge in [0.05, 0.1) is 0 Å². The number of nitrogens with one attached hydrogen (secondary N) is 1. The first-order chi connectivity index (χ1) is 5.15. The Morgan fingerprint density at radius 3 is 2.09 bits per heavy atom. The molecular formula is C8H7Cl2N. The number of hydrogen-bond donors (Lipinski definition) is 1. The minimum absolute atomic E-state index is 0.607. The van der Waals surface area contributed by atoms with Crippen LogP contribution in [0.4, 0.5) is 0 Å². The van der Waals surface area contributed by atoms with Crippen LogP contribution in [0.25, 0.3) is 0 Å². The summed E-state index contributed by atoms with van der Waals surface area (Å²) in [6, 6.07) is 3.44. The second-order valence-electron chi connectivity index (χ2n) is 2.25. The first kappa shape index (κ1) is 8.57. The molecule has 1 aromatic carbocycles. The van der Waals surface area contributed by atoms with Crippen molar-refractivity contribution in [1.29, 1.82) is 5.41 Å². The minimum Gasteiger partial charge on any atom is -0.308 e. The maximum Gasteiger partial charge on any atom is 0.0456 e. The molecule has 0 bridgehead atoms. The summed E-state index contributed by atoms with van der Waals surface area (Å²) in [6.45, 7) is 1.85. The van der Waals surface area contributed by atoms with E-state index in [-0.39, 0.29) is 0 Å². The molecule has 0 aliphatic carbocycles. The van der Waals surface area contributed by atoms with Gasteiger partial charge in [0.1, 0.15) is 0 Å². The van der Waals surface area contributed by atoms with E-state index in [2.05, 4.69) is 0 Å². The third-order valence-electron chi connectivity index (χ3n) is 1.47. The van der Waals surface area contributed by atoms with E-state index >= 15 is 0 Å². The maximum atomic E-state index is 6.97. The van der Waals surface area contributed by atoms with Gasteiger partial charge in [-0.15, -0.1) is 0 Å². The highest BCUT2D eigenvalue weighted by Gasteiger charge is 2.01. The van der Waals surface area contributed by atoms with E-state index in [0.29, 0.717) is 10.0 Å². The zero-order chi connectivity index (χ0) is 8.43. The van der Waals surface area contributed by atoms with Gasteiger partial charge in [0, 0.05) is 16.3 Å². The van der Waals surface area contributed by atoms with E-state index < -0.39 is 0 Å². The first-order valence-electron chi connectivity index (χ1n) is 3.11. The lowest BCUT2D eigenvalue weighted by atomic mass is 10.2. The summed E-state index contributed by atoms with van der Waals surface area (Å²) in [7, 11) is 0. The predicted molar refractivity (Wildman–Crippen MR) is 49.1 cm³/mol. The van der Waals surface area contributed by atoms with E-state index in [1.165, 1.54) is 6.21 Å². The van der Waals surface area contributed by atoms with E-state index in [0.717, 1.165) is 11.1 Å². The summed E-state index contributed by atoms with van der Waals surface area (Å²) >= 11 is 11.6. The van der Waals surface area contributed by atoms with Crippen LogP contribution in [-0.2, 0) is 0 Å². The van der Waals surface area contributed by atoms with Crippen molar-refractivity contribution in [3.63, 3.8) is 0 Å². The molecule has 0 unspecified atom stereocenters. The Bertz CT molecular complexity index is 271. The third-order valence-corrected chi connectivity index (χ3v) is 2.26. The van der Waals surface area contributed by atoms with Gasteiger partial charge in [0.25, 0.3) is 0 Å². The summed E-state index contributed by atoms with van der Waals surface area (Å²) in [5, 5.41) is 8.18. The molecule has 0 radical (unpaired) electrons. The lowest BCUT2D eigenvalue weighted by molar-refractivity contribution is 1.45. The Hall–Kier alpha value is -0.530. The molecule has 0 aliphatic heterocycles. The van der Waals surface area contributed by atoms with Crippen molar-refractivity contribution < 1.29 is 0 Å². The normalized spacial score (nSPS) is 9.73. The van der Waals surface area contributed by atoms with Crippen molar-refractivity contribution in [2.24, 2.45) is 0 Å². The molecule has 0 heterocycles. The molecule has 1 aromatic rings. The Balaban J connectivity index is 3.31. The smallest absolute Gasteiger partial charge is 0.0456 e. The van der Waals surface area contributed by atoms with E-state index in [9.17, 15) is 0 Å². The molecule has 0 amide bonds. The van der Waals surface area contributed by atoms with Crippen molar-refractivity contribution in [2.75, 3.05) is 0 Å². The fourth-order valence-electron chi connectivity index (χ4n) is 0.748. The van der Waals surface area contributed by atoms with Gasteiger partial charge in [0.15, 0.2) is 0 Å². The lowest BCUT2D eigenvalue weighted by Crippen LogP contribution is -1.83. The quantitative estimate of drug-likeness (QED) is 0.653. The number of hydrogen-bond acceptors (Lipinski definition) is 1. The van der Waals surface area contributed by atoms with Crippen LogP contribution in [0.2, 0.25) is 10.0 Å². The average Bonchev–Trinajstić information content (AvgIpc) is 1.99. The van der Waals surface area contributed by atoms with Crippen molar-refractivity contribution in [2.45, 2.75) is 6.92 Å². The van der Waals surface area contributed by atoms with Crippen LogP contribution < -0.4 is 0 Å². The highest BCUT2D eigenvalue weighted by atomic mass is 35.5. The molecule has 0 spiro atoms. The molecule has 1 nitrogen and oxygen atoms in total. The summed E-state index contributed by atoms with van der Waals surface area (Å²) in [5.41, 5.74) is 1.59. The van der Waals surface area contributed by atoms with Crippen molar-refractivity contribution in [1.82, 2.24) is 0 Å². The molecule has 0 saturated heterocycles. The zero-order valence-electron chi connectivity index (χ0n) is 5.99. The van der Waals surface area contributed by atoms with Gasteiger partial charge in [-0.2, -0.15) is 0 Å². The van der Waals surface area contributed by atoms with Crippen LogP contribution in [0.1, 0.15) is 11.1 Å². The second-order valence-corrected chi connectivity index (χ2v) is 3.07. The molecular weight excluding hydrogens is 181 g/mol. The Kier molecular flexibility index (Phi) is 2.53. The summed E-state index contributed by atoms with van der Waals surface area (Å²) in [4.78, 5) is 0. The summed E-state index contributed by atoms with van der Waals surface area (Å²) < 4.78 is 0. The van der Waals surface area contributed by atoms with Crippen LogP contribution in [0.5, 0.6) is 0 Å². The van der Waals surface area contributed by atoms with Crippen LogP contribution in [-0.4, -0.2) is 6.21 Å². The van der Waals surface area contributed by atoms with Crippen LogP contribution in [0.3, 0.4) is 0 Å². The fourth-order valence-corrected chi connectivity index (χ4v) is 1.25. The van der Waals surface area contributed by atoms with E-state index in [1.54, 1.807) is 12.1 Å². The number of benzene rings is 1. The maximum absolute atomic E-state index is 6.97. The average molecular weight is 188 g/mol. The second kappa shape index (κ2) is 3.24. The number of halogens is 2. The lowest BCUT2D eigenvalue weighted by Gasteiger charge is -2.01. The molecule has 0 fully saturated rings. The van der Waals surface area contributed by atoms with Crippen molar-refractivity contribution in [3.05, 3.63) is 33.3 Å². The Morgan fingerprint density at radius 1 is 1.27 bits per heavy atom. The topological polar surface area (TPSA) is 23.9 Å². The summed E-state index contributed by atoms with van der Waals surface area (Å²) in [5.74, 6) is 0. The first-order valence-corrected chi connectivity index (χ1v) is 3.87. The predicted octanol–water partition coefficient (Wildman–Crippen LogP) is 3.30. The van der Waals surface area contributed by atoms with Gasteiger partial charge in [-0.25, -0.2) is 0 Å². The zero-order valence-corrected chi connectivity index (χ0v) is 7.50. The summed E-state index contributed by atoms with van der Waals surface area (Å²) in [6.07, 6.45) is 1.22. The van der Waals surface area contributed by atoms with Gasteiger partial charge in [-0.1, -0.05) is 23.2 Å². The number of rotatable bonds is 1. The van der Waals surface area contributed by atoms with E-state index in [4.69, 9.17) is 28.6 Å². The SMILES string of the molecule is Cc1c(Cl)cc(C=N)cc1Cl. The molecule has 1 N–H and O–H groups in total. The van der Waals surface area contributed by atoms with Crippen molar-refractivity contribution in [3.8, 4) is 0 Å². The minimum atomic E-state index is 0.607. The highest BCUT2D eigenvalue weighted by molar-refractivity contribution is 6.36. The standard InChI is InChI=1S/C8H7Cl2N/c1-5-7(9)2-6(4-11)3-8(5)10/h2-4,11H,1H3. The third kappa shape index (κ3) is 1.73. The van der Waals surface area contributed by atoms with Gasteiger partial charge in [-0.05, 0) is 30.2 Å². The molecule has 1 rings (SSSR count). The molecule has 0 aromatic heterocycles. The van der Waals surface area contributed by atoms with Crippen molar-refractivity contribution >= 4 is 29.4 Å². The molecule has 0 saturated carbocycles. The Morgan fingerprint density at radius 2 is 1.73 bits per heavy atom. The van der Waals surface area contributed by atoms with E-state index in [1.807, 2.05) is 6.92 Å². The Labute approximate surface area is 75.5 Å². The molecule has 58 valence electrons. The van der Waals surface area contributed by atoms with Crippen LogP contribution in [0.15, 0.2) is 12.1 Å². The molecule has 11 heavy (non-hydrogen) atoms. The van der Waals surface area contributed by atoms with Gasteiger partial charge in [-0.3, -0.25) is 0 Å².